The Labute approximate surface area is 264 Å². The van der Waals surface area contributed by atoms with Crippen LogP contribution in [-0.4, -0.2) is 66.6 Å². The van der Waals surface area contributed by atoms with Crippen molar-refractivity contribution < 1.29 is 24.8 Å². The van der Waals surface area contributed by atoms with Crippen LogP contribution >= 0.6 is 0 Å². The maximum Gasteiger partial charge on any atom is 0.176 e. The van der Waals surface area contributed by atoms with Gasteiger partial charge in [0.2, 0.25) is 0 Å². The molecule has 0 radical (unpaired) electrons. The fourth-order valence-corrected chi connectivity index (χ4v) is 6.61. The second-order valence-electron chi connectivity index (χ2n) is 12.7. The Balaban J connectivity index is 1.21. The lowest BCUT2D eigenvalue weighted by molar-refractivity contribution is 0.102. The van der Waals surface area contributed by atoms with E-state index in [1.165, 1.54) is 44.1 Å². The summed E-state index contributed by atoms with van der Waals surface area (Å²) in [5.41, 5.74) is 8.88. The summed E-state index contributed by atoms with van der Waals surface area (Å²) in [7, 11) is 0. The van der Waals surface area contributed by atoms with Gasteiger partial charge in [-0.05, 0) is 69.2 Å². The van der Waals surface area contributed by atoms with Crippen LogP contribution in [0.1, 0.15) is 89.5 Å². The Morgan fingerprint density at radius 2 is 1.95 bits per heavy atom. The summed E-state index contributed by atoms with van der Waals surface area (Å²) in [6.07, 6.45) is 20.6. The molecule has 8 heteroatoms. The van der Waals surface area contributed by atoms with Crippen LogP contribution in [0.3, 0.4) is 0 Å². The molecule has 8 nitrogen and oxygen atoms in total. The fourth-order valence-electron chi connectivity index (χ4n) is 6.61. The second kappa shape index (κ2) is 18.5. The summed E-state index contributed by atoms with van der Waals surface area (Å²) in [6.45, 7) is 4.48. The minimum atomic E-state index is -0.352. The Morgan fingerprint density at radius 1 is 1.16 bits per heavy atom. The molecule has 6 N–H and O–H groups in total. The van der Waals surface area contributed by atoms with Gasteiger partial charge in [0.1, 0.15) is 12.2 Å². The maximum atomic E-state index is 10.4. The average molecular weight is 610 g/mol. The number of hydrogen-bond donors (Lipinski definition) is 5. The first-order valence-corrected chi connectivity index (χ1v) is 17.0. The van der Waals surface area contributed by atoms with Gasteiger partial charge in [0.25, 0.3) is 0 Å². The van der Waals surface area contributed by atoms with E-state index < -0.39 is 0 Å². The minimum absolute atomic E-state index is 0.0255. The zero-order chi connectivity index (χ0) is 31.1. The maximum absolute atomic E-state index is 10.4. The molecule has 1 aliphatic carbocycles. The number of aryl methyl sites for hydroxylation is 1. The molecular formula is C36H55N3O5. The van der Waals surface area contributed by atoms with E-state index in [0.717, 1.165) is 74.9 Å². The number of aliphatic hydroxyl groups excluding tert-OH is 2. The van der Waals surface area contributed by atoms with Crippen LogP contribution in [0, 0.1) is 24.0 Å². The van der Waals surface area contributed by atoms with E-state index in [1.54, 1.807) is 6.07 Å². The van der Waals surface area contributed by atoms with Crippen molar-refractivity contribution in [2.45, 2.75) is 103 Å². The number of aliphatic imine (C=N–C) groups is 1. The standard InChI is InChI=1S/C36H55N3O5/c1-26(41)22-38-24-33(28-9-6-7-10-28)29-20-31(39-23-29)16-18-43-36-19-27(13-15-34(36)42)12-14-32-21-30(25-40)35(44-32)11-5-3-2-4-8-17-37/h13,15,19-21,23,26,28,33,35,38,40-42H,2-12,14,16-18,22,24-25,37H2,1H3. The minimum Gasteiger partial charge on any atom is -0.504 e. The number of hydrogen-bond acceptors (Lipinski definition) is 8. The van der Waals surface area contributed by atoms with E-state index >= 15 is 0 Å². The highest BCUT2D eigenvalue weighted by Gasteiger charge is 2.35. The summed E-state index contributed by atoms with van der Waals surface area (Å²) in [6, 6.07) is 6.53. The third-order valence-electron chi connectivity index (χ3n) is 9.12. The van der Waals surface area contributed by atoms with Crippen molar-refractivity contribution in [2.24, 2.45) is 22.6 Å². The number of nitrogens with one attached hydrogen (secondary N) is 1. The summed E-state index contributed by atoms with van der Waals surface area (Å²) < 4.78 is 12.2. The monoisotopic (exact) mass is 609 g/mol. The van der Waals surface area contributed by atoms with Crippen LogP contribution in [0.15, 0.2) is 46.5 Å². The highest BCUT2D eigenvalue weighted by atomic mass is 16.5. The second-order valence-corrected chi connectivity index (χ2v) is 12.7. The predicted octanol–water partition coefficient (Wildman–Crippen LogP) is 5.56. The molecule has 44 heavy (non-hydrogen) atoms. The largest absolute Gasteiger partial charge is 0.504 e. The smallest absolute Gasteiger partial charge is 0.176 e. The van der Waals surface area contributed by atoms with Crippen LogP contribution in [0.25, 0.3) is 0 Å². The van der Waals surface area contributed by atoms with Crippen molar-refractivity contribution in [2.75, 3.05) is 32.8 Å². The molecule has 2 aliphatic heterocycles. The first-order valence-electron chi connectivity index (χ1n) is 17.0. The lowest BCUT2D eigenvalue weighted by Gasteiger charge is -2.24. The summed E-state index contributed by atoms with van der Waals surface area (Å²) in [5.74, 6) is 1.68. The average Bonchev–Trinajstić information content (AvgIpc) is 3.79. The predicted molar refractivity (Wildman–Crippen MR) is 176 cm³/mol. The lowest BCUT2D eigenvalue weighted by Crippen LogP contribution is -2.33. The molecule has 0 saturated heterocycles. The Morgan fingerprint density at radius 3 is 2.73 bits per heavy atom. The number of phenolic OH excluding ortho intramolecular Hbond substituents is 1. The zero-order valence-corrected chi connectivity index (χ0v) is 26.7. The molecule has 4 rings (SSSR count). The van der Waals surface area contributed by atoms with Gasteiger partial charge in [-0.15, -0.1) is 4.99 Å². The Hall–Kier alpha value is -2.49. The molecule has 3 atom stereocenters. The highest BCUT2D eigenvalue weighted by molar-refractivity contribution is 5.84. The van der Waals surface area contributed by atoms with E-state index in [2.05, 4.69) is 16.4 Å². The van der Waals surface area contributed by atoms with E-state index in [9.17, 15) is 15.3 Å². The molecule has 0 amide bonds. The molecule has 0 aromatic heterocycles. The molecule has 1 fully saturated rings. The number of rotatable bonds is 21. The van der Waals surface area contributed by atoms with Crippen molar-refractivity contribution in [3.05, 3.63) is 59.2 Å². The molecular weight excluding hydrogens is 554 g/mol. The van der Waals surface area contributed by atoms with Gasteiger partial charge >= 0.3 is 0 Å². The number of phenols is 1. The molecule has 0 spiro atoms. The van der Waals surface area contributed by atoms with Crippen LogP contribution in [0.4, 0.5) is 0 Å². The fraction of sp³-hybridized carbons (Fsp3) is 0.639. The molecule has 244 valence electrons. The SMILES string of the molecule is CC(O)CNCC(C1=C[C+](CCOc2cc(CC[C-]3C=C(CO)C(CCCCCCCN)O3)ccc2O)N=C1)C1CCCC1. The molecule has 1 aromatic rings. The van der Waals surface area contributed by atoms with Crippen molar-refractivity contribution in [1.82, 2.24) is 5.32 Å². The normalized spacial score (nSPS) is 20.0. The lowest BCUT2D eigenvalue weighted by atomic mass is 9.84. The van der Waals surface area contributed by atoms with Gasteiger partial charge in [0, 0.05) is 25.8 Å². The van der Waals surface area contributed by atoms with Crippen molar-refractivity contribution in [1.29, 1.82) is 0 Å². The number of nitrogens with two attached hydrogens (primary N) is 1. The van der Waals surface area contributed by atoms with Crippen molar-refractivity contribution in [3.63, 3.8) is 0 Å². The first kappa shape index (κ1) is 34.4. The Bertz CT molecular complexity index is 1080. The number of ether oxygens (including phenoxy) is 2. The number of aliphatic hydroxyl groups is 2. The zero-order valence-electron chi connectivity index (χ0n) is 26.7. The molecule has 3 aliphatic rings. The van der Waals surface area contributed by atoms with Gasteiger partial charge in [0.15, 0.2) is 23.8 Å². The van der Waals surface area contributed by atoms with Gasteiger partial charge in [-0.25, -0.2) is 0 Å². The third-order valence-corrected chi connectivity index (χ3v) is 9.12. The molecule has 1 saturated carbocycles. The topological polar surface area (TPSA) is 130 Å². The summed E-state index contributed by atoms with van der Waals surface area (Å²) >= 11 is 0. The summed E-state index contributed by atoms with van der Waals surface area (Å²) in [4.78, 5) is 4.69. The molecule has 1 aromatic carbocycles. The molecule has 0 bridgehead atoms. The van der Waals surface area contributed by atoms with Crippen molar-refractivity contribution >= 4 is 6.21 Å². The van der Waals surface area contributed by atoms with E-state index in [4.69, 9.17) is 15.2 Å². The third kappa shape index (κ3) is 10.8. The number of unbranched alkanes of at least 4 members (excludes halogenated alkanes) is 4. The first-order chi connectivity index (χ1) is 21.5. The quantitative estimate of drug-likeness (QED) is 0.0911. The Kier molecular flexibility index (Phi) is 14.4. The van der Waals surface area contributed by atoms with E-state index in [0.29, 0.717) is 37.2 Å². The van der Waals surface area contributed by atoms with Crippen LogP contribution in [-0.2, 0) is 11.2 Å². The van der Waals surface area contributed by atoms with Crippen LogP contribution in [0.2, 0.25) is 0 Å². The van der Waals surface area contributed by atoms with E-state index in [-0.39, 0.29) is 24.6 Å². The van der Waals surface area contributed by atoms with Gasteiger partial charge in [-0.2, -0.15) is 11.6 Å². The van der Waals surface area contributed by atoms with Gasteiger partial charge in [-0.1, -0.05) is 57.1 Å². The van der Waals surface area contributed by atoms with Gasteiger partial charge in [-0.3, -0.25) is 0 Å². The number of aromatic hydroxyl groups is 1. The van der Waals surface area contributed by atoms with Gasteiger partial charge < -0.3 is 35.8 Å². The van der Waals surface area contributed by atoms with Crippen LogP contribution < -0.4 is 15.8 Å². The molecule has 3 unspecified atom stereocenters. The van der Waals surface area contributed by atoms with E-state index in [1.807, 2.05) is 31.3 Å². The van der Waals surface area contributed by atoms with Gasteiger partial charge in [0.05, 0.1) is 24.5 Å². The van der Waals surface area contributed by atoms with Crippen molar-refractivity contribution in [3.8, 4) is 11.5 Å². The number of benzene rings is 1. The number of nitrogens with zero attached hydrogens (tertiary/aromatic N) is 1. The van der Waals surface area contributed by atoms with Crippen LogP contribution in [0.5, 0.6) is 11.5 Å². The highest BCUT2D eigenvalue weighted by Crippen LogP contribution is 2.37. The molecule has 2 heterocycles. The summed E-state index contributed by atoms with van der Waals surface area (Å²) in [5, 5.41) is 33.4.